The maximum Gasteiger partial charge on any atom is 0.224 e. The quantitative estimate of drug-likeness (QED) is 0.792. The Balaban J connectivity index is 1.55. The van der Waals surface area contributed by atoms with Crippen LogP contribution in [0.4, 0.5) is 0 Å². The molecule has 1 unspecified atom stereocenters. The number of nitrogens with one attached hydrogen (secondary N) is 1. The molecule has 3 nitrogen and oxygen atoms in total. The average Bonchev–Trinajstić information content (AvgIpc) is 2.63. The van der Waals surface area contributed by atoms with Gasteiger partial charge in [-0.05, 0) is 55.1 Å². The zero-order chi connectivity index (χ0) is 18.5. The molecule has 1 atom stereocenters. The first kappa shape index (κ1) is 19.2. The van der Waals surface area contributed by atoms with Crippen molar-refractivity contribution in [2.24, 2.45) is 5.92 Å². The van der Waals surface area contributed by atoms with Crippen LogP contribution in [-0.2, 0) is 17.9 Å². The molecule has 2 aromatic rings. The Morgan fingerprint density at radius 3 is 2.77 bits per heavy atom. The maximum absolute atomic E-state index is 12.6. The Kier molecular flexibility index (Phi) is 6.58. The summed E-state index contributed by atoms with van der Waals surface area (Å²) in [5.41, 5.74) is 3.52. The summed E-state index contributed by atoms with van der Waals surface area (Å²) in [6, 6.07) is 13.8. The molecule has 138 valence electrons. The van der Waals surface area contributed by atoms with Gasteiger partial charge in [0.05, 0.1) is 5.92 Å². The third kappa shape index (κ3) is 5.00. The summed E-state index contributed by atoms with van der Waals surface area (Å²) < 4.78 is 0. The zero-order valence-corrected chi connectivity index (χ0v) is 16.5. The molecule has 2 aromatic carbocycles. The Morgan fingerprint density at radius 2 is 2.00 bits per heavy atom. The third-order valence-electron chi connectivity index (χ3n) is 5.00. The van der Waals surface area contributed by atoms with Crippen LogP contribution < -0.4 is 5.32 Å². The largest absolute Gasteiger partial charge is 0.352 e. The standard InChI is InChI=1S/C21H24Cl2N2O/c1-15-5-2-3-6-17(15)13-25-10-4-7-18(14-25)21(26)24-12-16-8-9-19(22)11-20(16)23/h2-3,5-6,8-9,11,18H,4,7,10,12-14H2,1H3,(H,24,26). The van der Waals surface area contributed by atoms with E-state index in [0.717, 1.165) is 38.0 Å². The van der Waals surface area contributed by atoms with Crippen molar-refractivity contribution >= 4 is 29.1 Å². The van der Waals surface area contributed by atoms with Crippen molar-refractivity contribution in [2.75, 3.05) is 13.1 Å². The fraction of sp³-hybridized carbons (Fsp3) is 0.381. The van der Waals surface area contributed by atoms with Gasteiger partial charge in [0, 0.05) is 29.7 Å². The maximum atomic E-state index is 12.6. The number of benzene rings is 2. The highest BCUT2D eigenvalue weighted by molar-refractivity contribution is 6.35. The predicted octanol–water partition coefficient (Wildman–Crippen LogP) is 4.83. The summed E-state index contributed by atoms with van der Waals surface area (Å²) in [5.74, 6) is 0.129. The molecule has 1 heterocycles. The first-order chi connectivity index (χ1) is 12.5. The zero-order valence-electron chi connectivity index (χ0n) is 15.0. The molecule has 5 heteroatoms. The van der Waals surface area contributed by atoms with Crippen molar-refractivity contribution in [1.29, 1.82) is 0 Å². The molecular weight excluding hydrogens is 367 g/mol. The number of carbonyl (C=O) groups is 1. The molecule has 0 spiro atoms. The van der Waals surface area contributed by atoms with Crippen LogP contribution in [0.2, 0.25) is 10.0 Å². The second kappa shape index (κ2) is 8.90. The van der Waals surface area contributed by atoms with Gasteiger partial charge in [-0.3, -0.25) is 9.69 Å². The van der Waals surface area contributed by atoms with Crippen LogP contribution in [0.25, 0.3) is 0 Å². The Morgan fingerprint density at radius 1 is 1.19 bits per heavy atom. The SMILES string of the molecule is Cc1ccccc1CN1CCCC(C(=O)NCc2ccc(Cl)cc2Cl)C1. The van der Waals surface area contributed by atoms with Gasteiger partial charge in [0.15, 0.2) is 0 Å². The van der Waals surface area contributed by atoms with Crippen LogP contribution in [0.5, 0.6) is 0 Å². The number of amides is 1. The summed E-state index contributed by atoms with van der Waals surface area (Å²) in [5, 5.41) is 4.22. The lowest BCUT2D eigenvalue weighted by molar-refractivity contribution is -0.126. The molecule has 1 amide bonds. The van der Waals surface area contributed by atoms with Gasteiger partial charge in [-0.25, -0.2) is 0 Å². The average molecular weight is 391 g/mol. The van der Waals surface area contributed by atoms with Crippen LogP contribution in [0.3, 0.4) is 0 Å². The number of carbonyl (C=O) groups excluding carboxylic acids is 1. The molecule has 3 rings (SSSR count). The molecule has 1 fully saturated rings. The second-order valence-corrected chi connectivity index (χ2v) is 7.80. The molecular formula is C21H24Cl2N2O. The summed E-state index contributed by atoms with van der Waals surface area (Å²) in [6.07, 6.45) is 1.98. The second-order valence-electron chi connectivity index (χ2n) is 6.95. The van der Waals surface area contributed by atoms with Crippen LogP contribution in [0.1, 0.15) is 29.5 Å². The molecule has 1 saturated heterocycles. The van der Waals surface area contributed by atoms with Crippen molar-refractivity contribution in [3.63, 3.8) is 0 Å². The van der Waals surface area contributed by atoms with Crippen molar-refractivity contribution in [1.82, 2.24) is 10.2 Å². The van der Waals surface area contributed by atoms with E-state index in [9.17, 15) is 4.79 Å². The van der Waals surface area contributed by atoms with Crippen molar-refractivity contribution in [3.05, 3.63) is 69.2 Å². The fourth-order valence-electron chi connectivity index (χ4n) is 3.43. The van der Waals surface area contributed by atoms with Crippen molar-refractivity contribution < 1.29 is 4.79 Å². The number of nitrogens with zero attached hydrogens (tertiary/aromatic N) is 1. The molecule has 0 radical (unpaired) electrons. The van der Waals surface area contributed by atoms with Gasteiger partial charge >= 0.3 is 0 Å². The van der Waals surface area contributed by atoms with Crippen LogP contribution >= 0.6 is 23.2 Å². The molecule has 0 saturated carbocycles. The summed E-state index contributed by atoms with van der Waals surface area (Å²) >= 11 is 12.1. The van der Waals surface area contributed by atoms with Gasteiger partial charge in [0.1, 0.15) is 0 Å². The number of aryl methyl sites for hydroxylation is 1. The van der Waals surface area contributed by atoms with E-state index < -0.39 is 0 Å². The number of rotatable bonds is 5. The number of hydrogen-bond acceptors (Lipinski definition) is 2. The molecule has 0 aliphatic carbocycles. The predicted molar refractivity (Wildman–Crippen MR) is 107 cm³/mol. The van der Waals surface area contributed by atoms with E-state index in [2.05, 4.69) is 41.4 Å². The minimum absolute atomic E-state index is 0.0267. The topological polar surface area (TPSA) is 32.3 Å². The molecule has 1 N–H and O–H groups in total. The Hall–Kier alpha value is -1.55. The van der Waals surface area contributed by atoms with Gasteiger partial charge in [0.2, 0.25) is 5.91 Å². The Labute approximate surface area is 165 Å². The van der Waals surface area contributed by atoms with Crippen molar-refractivity contribution in [2.45, 2.75) is 32.9 Å². The van der Waals surface area contributed by atoms with Crippen molar-refractivity contribution in [3.8, 4) is 0 Å². The van der Waals surface area contributed by atoms with Crippen LogP contribution in [0, 0.1) is 12.8 Å². The number of hydrogen-bond donors (Lipinski definition) is 1. The monoisotopic (exact) mass is 390 g/mol. The smallest absolute Gasteiger partial charge is 0.224 e. The van der Waals surface area contributed by atoms with Gasteiger partial charge in [-0.1, -0.05) is 53.5 Å². The van der Waals surface area contributed by atoms with E-state index in [1.165, 1.54) is 11.1 Å². The highest BCUT2D eigenvalue weighted by Gasteiger charge is 2.25. The fourth-order valence-corrected chi connectivity index (χ4v) is 3.91. The number of piperidine rings is 1. The lowest BCUT2D eigenvalue weighted by atomic mass is 9.96. The van der Waals surface area contributed by atoms with Gasteiger partial charge in [-0.15, -0.1) is 0 Å². The summed E-state index contributed by atoms with van der Waals surface area (Å²) in [6.45, 7) is 5.32. The first-order valence-corrected chi connectivity index (χ1v) is 9.77. The third-order valence-corrected chi connectivity index (χ3v) is 5.59. The molecule has 1 aliphatic rings. The summed E-state index contributed by atoms with van der Waals surface area (Å²) in [7, 11) is 0. The highest BCUT2D eigenvalue weighted by atomic mass is 35.5. The lowest BCUT2D eigenvalue weighted by Gasteiger charge is -2.32. The van der Waals surface area contributed by atoms with E-state index in [0.29, 0.717) is 16.6 Å². The normalized spacial score (nSPS) is 17.9. The van der Waals surface area contributed by atoms with E-state index in [1.807, 2.05) is 6.07 Å². The Bertz CT molecular complexity index is 778. The van der Waals surface area contributed by atoms with Gasteiger partial charge in [-0.2, -0.15) is 0 Å². The van der Waals surface area contributed by atoms with E-state index >= 15 is 0 Å². The number of halogens is 2. The van der Waals surface area contributed by atoms with E-state index in [1.54, 1.807) is 12.1 Å². The minimum Gasteiger partial charge on any atom is -0.352 e. The molecule has 0 bridgehead atoms. The van der Waals surface area contributed by atoms with Crippen LogP contribution in [0.15, 0.2) is 42.5 Å². The van der Waals surface area contributed by atoms with E-state index in [-0.39, 0.29) is 11.8 Å². The van der Waals surface area contributed by atoms with Gasteiger partial charge in [0.25, 0.3) is 0 Å². The first-order valence-electron chi connectivity index (χ1n) is 9.01. The minimum atomic E-state index is 0.0267. The lowest BCUT2D eigenvalue weighted by Crippen LogP contribution is -2.42. The van der Waals surface area contributed by atoms with Crippen LogP contribution in [-0.4, -0.2) is 23.9 Å². The highest BCUT2D eigenvalue weighted by Crippen LogP contribution is 2.22. The van der Waals surface area contributed by atoms with E-state index in [4.69, 9.17) is 23.2 Å². The molecule has 26 heavy (non-hydrogen) atoms. The molecule has 0 aromatic heterocycles. The number of likely N-dealkylation sites (tertiary alicyclic amines) is 1. The molecule has 1 aliphatic heterocycles. The summed E-state index contributed by atoms with van der Waals surface area (Å²) in [4.78, 5) is 15.0. The van der Waals surface area contributed by atoms with Gasteiger partial charge < -0.3 is 5.32 Å².